The molecule has 4 nitrogen and oxygen atoms in total. The van der Waals surface area contributed by atoms with Gasteiger partial charge >= 0.3 is 5.63 Å². The average Bonchev–Trinajstić information content (AvgIpc) is 2.58. The van der Waals surface area contributed by atoms with Crippen molar-refractivity contribution in [2.24, 2.45) is 0 Å². The average molecular weight is 322 g/mol. The van der Waals surface area contributed by atoms with Crippen molar-refractivity contribution in [1.29, 1.82) is 0 Å². The number of phenolic OH excluding ortho intramolecular Hbond substituents is 1. The van der Waals surface area contributed by atoms with E-state index < -0.39 is 0 Å². The van der Waals surface area contributed by atoms with Crippen LogP contribution in [-0.4, -0.2) is 11.7 Å². The fraction of sp³-hybridized carbons (Fsp3) is 0.250. The Balaban J connectivity index is 1.71. The number of fused-ring (bicyclic) bond motifs is 2. The summed E-state index contributed by atoms with van der Waals surface area (Å²) in [6.45, 7) is 4.57. The fourth-order valence-electron chi connectivity index (χ4n) is 3.63. The van der Waals surface area contributed by atoms with E-state index in [9.17, 15) is 9.90 Å². The van der Waals surface area contributed by atoms with Crippen molar-refractivity contribution in [3.8, 4) is 5.75 Å². The maximum atomic E-state index is 12.0. The fourth-order valence-corrected chi connectivity index (χ4v) is 3.63. The van der Waals surface area contributed by atoms with E-state index in [2.05, 4.69) is 24.3 Å². The zero-order chi connectivity index (χ0) is 16.7. The SMILES string of the molecule is Cc1c(O)ccc2c(C[NH+]3CCc4ccccc4C3)cc(=O)oc12. The predicted molar refractivity (Wildman–Crippen MR) is 92.3 cm³/mol. The maximum Gasteiger partial charge on any atom is 0.336 e. The van der Waals surface area contributed by atoms with E-state index in [4.69, 9.17) is 4.42 Å². The number of nitrogens with one attached hydrogen (secondary N) is 1. The van der Waals surface area contributed by atoms with Crippen molar-refractivity contribution in [2.45, 2.75) is 26.4 Å². The van der Waals surface area contributed by atoms with Gasteiger partial charge in [-0.25, -0.2) is 4.79 Å². The molecule has 0 aliphatic carbocycles. The zero-order valence-corrected chi connectivity index (χ0v) is 13.6. The summed E-state index contributed by atoms with van der Waals surface area (Å²) in [5.74, 6) is 0.155. The highest BCUT2D eigenvalue weighted by Crippen LogP contribution is 2.27. The highest BCUT2D eigenvalue weighted by atomic mass is 16.4. The third kappa shape index (κ3) is 2.59. The van der Waals surface area contributed by atoms with Gasteiger partial charge in [-0.1, -0.05) is 24.3 Å². The molecule has 0 bridgehead atoms. The van der Waals surface area contributed by atoms with E-state index in [-0.39, 0.29) is 11.4 Å². The molecule has 2 N–H and O–H groups in total. The van der Waals surface area contributed by atoms with E-state index in [1.165, 1.54) is 16.0 Å². The first-order valence-corrected chi connectivity index (χ1v) is 8.27. The Morgan fingerprint density at radius 2 is 1.96 bits per heavy atom. The Labute approximate surface area is 140 Å². The molecule has 24 heavy (non-hydrogen) atoms. The van der Waals surface area contributed by atoms with E-state index in [0.29, 0.717) is 11.1 Å². The summed E-state index contributed by atoms with van der Waals surface area (Å²) in [6.07, 6.45) is 1.06. The summed E-state index contributed by atoms with van der Waals surface area (Å²) in [7, 11) is 0. The van der Waals surface area contributed by atoms with Crippen molar-refractivity contribution in [2.75, 3.05) is 6.54 Å². The molecule has 0 saturated heterocycles. The summed E-state index contributed by atoms with van der Waals surface area (Å²) in [6, 6.07) is 13.7. The minimum Gasteiger partial charge on any atom is -0.508 e. The van der Waals surface area contributed by atoms with E-state index in [0.717, 1.165) is 37.0 Å². The highest BCUT2D eigenvalue weighted by molar-refractivity contribution is 5.84. The van der Waals surface area contributed by atoms with Gasteiger partial charge in [-0.15, -0.1) is 0 Å². The third-order valence-electron chi connectivity index (χ3n) is 4.97. The third-order valence-corrected chi connectivity index (χ3v) is 4.97. The summed E-state index contributed by atoms with van der Waals surface area (Å²) in [5.41, 5.74) is 4.56. The van der Waals surface area contributed by atoms with E-state index in [1.807, 2.05) is 6.07 Å². The molecule has 1 aliphatic rings. The van der Waals surface area contributed by atoms with Gasteiger partial charge in [0.15, 0.2) is 0 Å². The Morgan fingerprint density at radius 1 is 1.17 bits per heavy atom. The molecule has 0 fully saturated rings. The van der Waals surface area contributed by atoms with Crippen LogP contribution < -0.4 is 10.5 Å². The number of hydrogen-bond donors (Lipinski definition) is 2. The highest BCUT2D eigenvalue weighted by Gasteiger charge is 2.21. The first-order valence-electron chi connectivity index (χ1n) is 8.27. The molecule has 2 aromatic carbocycles. The van der Waals surface area contributed by atoms with Gasteiger partial charge in [-0.3, -0.25) is 0 Å². The van der Waals surface area contributed by atoms with Gasteiger partial charge < -0.3 is 14.4 Å². The minimum absolute atomic E-state index is 0.155. The topological polar surface area (TPSA) is 54.9 Å². The lowest BCUT2D eigenvalue weighted by Gasteiger charge is -2.26. The maximum absolute atomic E-state index is 12.0. The molecule has 0 radical (unpaired) electrons. The van der Waals surface area contributed by atoms with Crippen LogP contribution in [-0.2, 0) is 19.5 Å². The van der Waals surface area contributed by atoms with Crippen LogP contribution >= 0.6 is 0 Å². The summed E-state index contributed by atoms with van der Waals surface area (Å²) < 4.78 is 5.33. The molecule has 1 unspecified atom stereocenters. The first-order chi connectivity index (χ1) is 11.6. The van der Waals surface area contributed by atoms with Crippen molar-refractivity contribution in [1.82, 2.24) is 0 Å². The Kier molecular flexibility index (Phi) is 3.62. The molecule has 122 valence electrons. The molecule has 0 amide bonds. The number of aromatic hydroxyl groups is 1. The lowest BCUT2D eigenvalue weighted by atomic mass is 9.99. The lowest BCUT2D eigenvalue weighted by Crippen LogP contribution is -3.10. The number of aryl methyl sites for hydroxylation is 1. The van der Waals surface area contributed by atoms with Crippen LogP contribution in [0.2, 0.25) is 0 Å². The standard InChI is InChI=1S/C20H19NO3/c1-13-18(22)7-6-17-16(10-19(23)24-20(13)17)12-21-9-8-14-4-2-3-5-15(14)11-21/h2-7,10,22H,8-9,11-12H2,1H3/p+1. The zero-order valence-electron chi connectivity index (χ0n) is 13.6. The number of benzene rings is 2. The van der Waals surface area contributed by atoms with Crippen molar-refractivity contribution in [3.63, 3.8) is 0 Å². The number of rotatable bonds is 2. The van der Waals surface area contributed by atoms with Crippen molar-refractivity contribution < 1.29 is 14.4 Å². The number of hydrogen-bond acceptors (Lipinski definition) is 3. The lowest BCUT2D eigenvalue weighted by molar-refractivity contribution is -0.929. The molecule has 0 saturated carbocycles. The Morgan fingerprint density at radius 3 is 2.79 bits per heavy atom. The largest absolute Gasteiger partial charge is 0.508 e. The second-order valence-electron chi connectivity index (χ2n) is 6.55. The van der Waals surface area contributed by atoms with Crippen LogP contribution in [0.15, 0.2) is 51.7 Å². The normalized spacial score (nSPS) is 17.0. The quantitative estimate of drug-likeness (QED) is 0.709. The molecular formula is C20H20NO3+. The van der Waals surface area contributed by atoms with Gasteiger partial charge in [0.25, 0.3) is 0 Å². The first kappa shape index (κ1) is 15.0. The van der Waals surface area contributed by atoms with Gasteiger partial charge in [0.2, 0.25) is 0 Å². The molecule has 1 aliphatic heterocycles. The molecule has 2 heterocycles. The van der Waals surface area contributed by atoms with Gasteiger partial charge in [-0.2, -0.15) is 0 Å². The predicted octanol–water partition coefficient (Wildman–Crippen LogP) is 1.95. The van der Waals surface area contributed by atoms with E-state index >= 15 is 0 Å². The van der Waals surface area contributed by atoms with E-state index in [1.54, 1.807) is 19.1 Å². The smallest absolute Gasteiger partial charge is 0.336 e. The van der Waals surface area contributed by atoms with Crippen LogP contribution in [0.1, 0.15) is 22.3 Å². The monoisotopic (exact) mass is 322 g/mol. The van der Waals surface area contributed by atoms with Crippen LogP contribution in [0.25, 0.3) is 11.0 Å². The minimum atomic E-state index is -0.358. The Bertz CT molecular complexity index is 974. The molecular weight excluding hydrogens is 302 g/mol. The summed E-state index contributed by atoms with van der Waals surface area (Å²) in [4.78, 5) is 13.4. The van der Waals surface area contributed by atoms with Crippen LogP contribution in [0.3, 0.4) is 0 Å². The van der Waals surface area contributed by atoms with Gasteiger partial charge in [0, 0.05) is 34.6 Å². The van der Waals surface area contributed by atoms with Gasteiger partial charge in [-0.05, 0) is 24.6 Å². The summed E-state index contributed by atoms with van der Waals surface area (Å²) in [5, 5.41) is 10.8. The van der Waals surface area contributed by atoms with Gasteiger partial charge in [0.1, 0.15) is 24.4 Å². The molecule has 0 spiro atoms. The molecule has 1 atom stereocenters. The van der Waals surface area contributed by atoms with Crippen molar-refractivity contribution in [3.05, 3.63) is 75.1 Å². The van der Waals surface area contributed by atoms with Gasteiger partial charge in [0.05, 0.1) is 6.54 Å². The molecule has 1 aromatic heterocycles. The molecule has 4 rings (SSSR count). The van der Waals surface area contributed by atoms with Crippen LogP contribution in [0, 0.1) is 6.92 Å². The second-order valence-corrected chi connectivity index (χ2v) is 6.55. The Hall–Kier alpha value is -2.59. The van der Waals surface area contributed by atoms with Crippen LogP contribution in [0.5, 0.6) is 5.75 Å². The van der Waals surface area contributed by atoms with Crippen LogP contribution in [0.4, 0.5) is 0 Å². The molecule has 4 heteroatoms. The summed E-state index contributed by atoms with van der Waals surface area (Å²) >= 11 is 0. The number of phenols is 1. The second kappa shape index (κ2) is 5.80. The number of quaternary nitrogens is 1. The van der Waals surface area contributed by atoms with Crippen molar-refractivity contribution >= 4 is 11.0 Å². The molecule has 3 aromatic rings.